The second kappa shape index (κ2) is 59.7. The third-order valence-corrected chi connectivity index (χ3v) is 15.5. The van der Waals surface area contributed by atoms with Crippen molar-refractivity contribution >= 4 is 17.9 Å². The second-order valence-electron chi connectivity index (χ2n) is 24.1. The van der Waals surface area contributed by atoms with E-state index in [1.807, 2.05) is 0 Å². The van der Waals surface area contributed by atoms with Gasteiger partial charge in [0.05, 0.1) is 0 Å². The number of unbranched alkanes of at least 4 members (excludes halogenated alkanes) is 46. The predicted octanol–water partition coefficient (Wildman–Crippen LogP) is 22.4. The van der Waals surface area contributed by atoms with Crippen LogP contribution in [-0.4, -0.2) is 37.2 Å². The zero-order chi connectivity index (χ0) is 53.2. The van der Waals surface area contributed by atoms with Gasteiger partial charge in [-0.1, -0.05) is 343 Å². The molecule has 0 rings (SSSR count). The van der Waals surface area contributed by atoms with Gasteiger partial charge in [0.15, 0.2) is 6.10 Å². The summed E-state index contributed by atoms with van der Waals surface area (Å²) in [5.74, 6) is 0.868. The Bertz CT molecular complexity index is 1120. The number of carbonyl (C=O) groups is 3. The quantitative estimate of drug-likeness (QED) is 0.0343. The molecule has 0 bridgehead atoms. The molecule has 1 atom stereocenters. The zero-order valence-corrected chi connectivity index (χ0v) is 50.3. The molecule has 0 fully saturated rings. The Hall–Kier alpha value is -1.59. The number of hydrogen-bond acceptors (Lipinski definition) is 6. The van der Waals surface area contributed by atoms with Crippen molar-refractivity contribution in [2.75, 3.05) is 13.2 Å². The van der Waals surface area contributed by atoms with E-state index in [-0.39, 0.29) is 31.1 Å². The first-order chi connectivity index (χ1) is 35.7. The minimum absolute atomic E-state index is 0.0615. The topological polar surface area (TPSA) is 78.9 Å². The van der Waals surface area contributed by atoms with Crippen LogP contribution in [0.15, 0.2) is 0 Å². The molecule has 0 radical (unpaired) electrons. The maximum atomic E-state index is 12.9. The average molecular weight is 1030 g/mol. The molecule has 0 heterocycles. The summed E-state index contributed by atoms with van der Waals surface area (Å²) in [6.45, 7) is 11.5. The van der Waals surface area contributed by atoms with Crippen LogP contribution < -0.4 is 0 Å². The molecule has 0 aliphatic carbocycles. The maximum absolute atomic E-state index is 12.9. The Morgan fingerprint density at radius 3 is 0.671 bits per heavy atom. The predicted molar refractivity (Wildman–Crippen MR) is 316 cm³/mol. The van der Waals surface area contributed by atoms with Gasteiger partial charge < -0.3 is 14.2 Å². The Morgan fingerprint density at radius 1 is 0.260 bits per heavy atom. The van der Waals surface area contributed by atoms with E-state index in [1.165, 1.54) is 270 Å². The number of ether oxygens (including phenoxy) is 3. The third-order valence-electron chi connectivity index (χ3n) is 15.5. The highest BCUT2D eigenvalue weighted by molar-refractivity contribution is 5.71. The van der Waals surface area contributed by atoms with Crippen molar-refractivity contribution in [3.63, 3.8) is 0 Å². The summed E-state index contributed by atoms with van der Waals surface area (Å²) in [4.78, 5) is 38.4. The lowest BCUT2D eigenvalue weighted by Gasteiger charge is -2.18. The highest BCUT2D eigenvalue weighted by Crippen LogP contribution is 2.19. The van der Waals surface area contributed by atoms with Gasteiger partial charge in [0.2, 0.25) is 0 Å². The first-order valence-electron chi connectivity index (χ1n) is 33.2. The van der Waals surface area contributed by atoms with Crippen molar-refractivity contribution in [1.82, 2.24) is 0 Å². The van der Waals surface area contributed by atoms with Gasteiger partial charge >= 0.3 is 17.9 Å². The fourth-order valence-corrected chi connectivity index (χ4v) is 10.5. The number of carbonyl (C=O) groups excluding carboxylic acids is 3. The minimum atomic E-state index is -0.764. The summed E-state index contributed by atoms with van der Waals surface area (Å²) < 4.78 is 17.0. The van der Waals surface area contributed by atoms with Crippen LogP contribution in [0.4, 0.5) is 0 Å². The van der Waals surface area contributed by atoms with E-state index >= 15 is 0 Å². The van der Waals surface area contributed by atoms with Crippen molar-refractivity contribution in [2.45, 2.75) is 387 Å². The SMILES string of the molecule is CCCCCCCCCCCCCCCCCCCCCC(=O)OC[C@@H](COC(=O)CCCCCCCCCCCCCCCCC(C)C)OC(=O)CCCCCCCCCCCCCCCCCCC(C)C. The summed E-state index contributed by atoms with van der Waals surface area (Å²) in [5.41, 5.74) is 0. The molecular weight excluding hydrogens is 901 g/mol. The molecule has 0 aliphatic rings. The van der Waals surface area contributed by atoms with Crippen LogP contribution >= 0.6 is 0 Å². The van der Waals surface area contributed by atoms with Crippen molar-refractivity contribution in [3.8, 4) is 0 Å². The summed E-state index contributed by atoms with van der Waals surface area (Å²) in [7, 11) is 0. The van der Waals surface area contributed by atoms with Gasteiger partial charge in [-0.05, 0) is 31.1 Å². The number of rotatable bonds is 61. The standard InChI is InChI=1S/C67H130O6/c1-6-7-8-9-10-11-12-13-14-15-16-17-21-27-32-37-42-47-52-57-65(68)71-60-64(61-72-66(69)58-53-48-43-38-33-28-24-23-26-31-36-41-46-51-56-63(4)5)73-67(70)59-54-49-44-39-34-29-22-19-18-20-25-30-35-40-45-50-55-62(2)3/h62-64H,6-61H2,1-5H3/t64-/m0/s1. The monoisotopic (exact) mass is 1030 g/mol. The average Bonchev–Trinajstić information content (AvgIpc) is 3.37. The fourth-order valence-electron chi connectivity index (χ4n) is 10.5. The molecule has 0 aromatic carbocycles. The molecule has 73 heavy (non-hydrogen) atoms. The van der Waals surface area contributed by atoms with Gasteiger partial charge in [-0.2, -0.15) is 0 Å². The number of esters is 3. The second-order valence-corrected chi connectivity index (χ2v) is 24.1. The smallest absolute Gasteiger partial charge is 0.306 e. The first-order valence-corrected chi connectivity index (χ1v) is 33.2. The van der Waals surface area contributed by atoms with E-state index in [4.69, 9.17) is 14.2 Å². The van der Waals surface area contributed by atoms with Crippen molar-refractivity contribution in [2.24, 2.45) is 11.8 Å². The molecule has 0 unspecified atom stereocenters. The zero-order valence-electron chi connectivity index (χ0n) is 50.3. The van der Waals surface area contributed by atoms with Crippen LogP contribution in [0.25, 0.3) is 0 Å². The molecule has 0 N–H and O–H groups in total. The van der Waals surface area contributed by atoms with Gasteiger partial charge in [-0.3, -0.25) is 14.4 Å². The lowest BCUT2D eigenvalue weighted by Crippen LogP contribution is -2.30. The molecule has 6 nitrogen and oxygen atoms in total. The van der Waals surface area contributed by atoms with Crippen LogP contribution in [0.5, 0.6) is 0 Å². The molecule has 0 saturated heterocycles. The van der Waals surface area contributed by atoms with E-state index in [2.05, 4.69) is 34.6 Å². The normalized spacial score (nSPS) is 12.0. The molecule has 0 spiro atoms. The van der Waals surface area contributed by atoms with Crippen LogP contribution in [0.1, 0.15) is 381 Å². The molecule has 6 heteroatoms. The molecular formula is C67H130O6. The van der Waals surface area contributed by atoms with Crippen LogP contribution in [-0.2, 0) is 28.6 Å². The summed E-state index contributed by atoms with van der Waals surface area (Å²) in [5, 5.41) is 0. The van der Waals surface area contributed by atoms with E-state index in [1.54, 1.807) is 0 Å². The van der Waals surface area contributed by atoms with Crippen LogP contribution in [0.2, 0.25) is 0 Å². The van der Waals surface area contributed by atoms with Crippen LogP contribution in [0, 0.1) is 11.8 Å². The molecule has 434 valence electrons. The Labute approximate surface area is 457 Å². The van der Waals surface area contributed by atoms with Crippen LogP contribution in [0.3, 0.4) is 0 Å². The Morgan fingerprint density at radius 2 is 0.452 bits per heavy atom. The largest absolute Gasteiger partial charge is 0.462 e. The Kier molecular flexibility index (Phi) is 58.4. The maximum Gasteiger partial charge on any atom is 0.306 e. The lowest BCUT2D eigenvalue weighted by atomic mass is 10.0. The molecule has 0 aromatic rings. The fraction of sp³-hybridized carbons (Fsp3) is 0.955. The van der Waals surface area contributed by atoms with Gasteiger partial charge in [0, 0.05) is 19.3 Å². The molecule has 0 aliphatic heterocycles. The van der Waals surface area contributed by atoms with Gasteiger partial charge in [0.25, 0.3) is 0 Å². The van der Waals surface area contributed by atoms with E-state index in [9.17, 15) is 14.4 Å². The molecule has 0 saturated carbocycles. The van der Waals surface area contributed by atoms with E-state index < -0.39 is 6.10 Å². The number of hydrogen-bond donors (Lipinski definition) is 0. The minimum Gasteiger partial charge on any atom is -0.462 e. The highest BCUT2D eigenvalue weighted by Gasteiger charge is 2.19. The third kappa shape index (κ3) is 61.1. The summed E-state index contributed by atoms with van der Waals surface area (Å²) in [6, 6.07) is 0. The first kappa shape index (κ1) is 71.4. The highest BCUT2D eigenvalue weighted by atomic mass is 16.6. The lowest BCUT2D eigenvalue weighted by molar-refractivity contribution is -0.167. The van der Waals surface area contributed by atoms with Gasteiger partial charge in [-0.15, -0.1) is 0 Å². The van der Waals surface area contributed by atoms with Gasteiger partial charge in [-0.25, -0.2) is 0 Å². The van der Waals surface area contributed by atoms with Crippen molar-refractivity contribution in [3.05, 3.63) is 0 Å². The van der Waals surface area contributed by atoms with Crippen molar-refractivity contribution < 1.29 is 28.6 Å². The van der Waals surface area contributed by atoms with Crippen molar-refractivity contribution in [1.29, 1.82) is 0 Å². The van der Waals surface area contributed by atoms with E-state index in [0.717, 1.165) is 69.6 Å². The molecule has 0 amide bonds. The molecule has 0 aromatic heterocycles. The Balaban J connectivity index is 4.28. The summed E-state index contributed by atoms with van der Waals surface area (Å²) in [6.07, 6.45) is 66.8. The van der Waals surface area contributed by atoms with Gasteiger partial charge in [0.1, 0.15) is 13.2 Å². The van der Waals surface area contributed by atoms with E-state index in [0.29, 0.717) is 19.3 Å². The summed E-state index contributed by atoms with van der Waals surface area (Å²) >= 11 is 0.